The average Bonchev–Trinajstić information content (AvgIpc) is 3.09. The van der Waals surface area contributed by atoms with Gasteiger partial charge in [0.2, 0.25) is 0 Å². The Kier molecular flexibility index (Phi) is 5.83. The SMILES string of the molecule is Cc1c(N(Cc2ccc(OC(F)(F)F)cc2)S(=O)(=O)c2cccnc2)sc2ccccc12. The molecule has 0 aliphatic heterocycles. The van der Waals surface area contributed by atoms with Crippen molar-refractivity contribution in [1.82, 2.24) is 4.98 Å². The number of sulfonamides is 1. The van der Waals surface area contributed by atoms with Gasteiger partial charge in [-0.15, -0.1) is 24.5 Å². The maximum Gasteiger partial charge on any atom is 0.573 e. The quantitative estimate of drug-likeness (QED) is 0.346. The minimum atomic E-state index is -4.80. The van der Waals surface area contributed by atoms with Crippen molar-refractivity contribution in [3.63, 3.8) is 0 Å². The minimum Gasteiger partial charge on any atom is -0.406 e. The van der Waals surface area contributed by atoms with E-state index >= 15 is 0 Å². The predicted molar refractivity (Wildman–Crippen MR) is 117 cm³/mol. The molecule has 0 N–H and O–H groups in total. The Labute approximate surface area is 186 Å². The zero-order valence-corrected chi connectivity index (χ0v) is 18.3. The summed E-state index contributed by atoms with van der Waals surface area (Å²) in [6, 6.07) is 15.7. The summed E-state index contributed by atoms with van der Waals surface area (Å²) in [7, 11) is -3.99. The molecule has 166 valence electrons. The third-order valence-corrected chi connectivity index (χ3v) is 7.89. The number of rotatable bonds is 6. The van der Waals surface area contributed by atoms with E-state index in [-0.39, 0.29) is 17.2 Å². The summed E-state index contributed by atoms with van der Waals surface area (Å²) >= 11 is 1.34. The second-order valence-electron chi connectivity index (χ2n) is 6.92. The van der Waals surface area contributed by atoms with E-state index < -0.39 is 16.4 Å². The Morgan fingerprint density at radius 2 is 1.75 bits per heavy atom. The highest BCUT2D eigenvalue weighted by atomic mass is 32.2. The standard InChI is InChI=1S/C22H17F3N2O3S2/c1-15-19-6-2-3-7-20(19)31-21(15)27(32(28,29)18-5-4-12-26-13-18)14-16-8-10-17(11-9-16)30-22(23,24)25/h2-13H,14H2,1H3. The van der Waals surface area contributed by atoms with Gasteiger partial charge in [0, 0.05) is 17.1 Å². The molecule has 0 saturated heterocycles. The fourth-order valence-electron chi connectivity index (χ4n) is 3.25. The number of ether oxygens (including phenoxy) is 1. The lowest BCUT2D eigenvalue weighted by Gasteiger charge is -2.24. The van der Waals surface area contributed by atoms with Gasteiger partial charge in [0.1, 0.15) is 15.6 Å². The van der Waals surface area contributed by atoms with Crippen LogP contribution in [0.15, 0.2) is 78.0 Å². The minimum absolute atomic E-state index is 0.0221. The van der Waals surface area contributed by atoms with Crippen molar-refractivity contribution in [1.29, 1.82) is 0 Å². The molecule has 32 heavy (non-hydrogen) atoms. The van der Waals surface area contributed by atoms with Gasteiger partial charge in [-0.1, -0.05) is 30.3 Å². The number of halogens is 3. The first-order valence-corrected chi connectivity index (χ1v) is 11.7. The summed E-state index contributed by atoms with van der Waals surface area (Å²) in [6.07, 6.45) is -2.05. The number of alkyl halides is 3. The Balaban J connectivity index is 1.77. The van der Waals surface area contributed by atoms with Crippen molar-refractivity contribution in [3.8, 4) is 5.75 Å². The highest BCUT2D eigenvalue weighted by molar-refractivity contribution is 7.93. The van der Waals surface area contributed by atoms with Crippen LogP contribution in [0.3, 0.4) is 0 Å². The number of pyridine rings is 1. The molecule has 0 aliphatic rings. The van der Waals surface area contributed by atoms with Crippen LogP contribution in [0.2, 0.25) is 0 Å². The number of nitrogens with zero attached hydrogens (tertiary/aromatic N) is 2. The molecular weight excluding hydrogens is 461 g/mol. The van der Waals surface area contributed by atoms with Crippen LogP contribution in [-0.4, -0.2) is 19.8 Å². The smallest absolute Gasteiger partial charge is 0.406 e. The second-order valence-corrected chi connectivity index (χ2v) is 9.81. The molecule has 0 bridgehead atoms. The molecule has 0 atom stereocenters. The van der Waals surface area contributed by atoms with Gasteiger partial charge in [0.25, 0.3) is 10.0 Å². The van der Waals surface area contributed by atoms with Crippen molar-refractivity contribution in [2.24, 2.45) is 0 Å². The van der Waals surface area contributed by atoms with Crippen LogP contribution >= 0.6 is 11.3 Å². The lowest BCUT2D eigenvalue weighted by Crippen LogP contribution is -2.30. The van der Waals surface area contributed by atoms with Crippen LogP contribution in [0.1, 0.15) is 11.1 Å². The summed E-state index contributed by atoms with van der Waals surface area (Å²) in [6.45, 7) is 1.78. The second kappa shape index (κ2) is 8.44. The number of anilines is 1. The maximum atomic E-state index is 13.5. The van der Waals surface area contributed by atoms with E-state index in [0.29, 0.717) is 10.6 Å². The van der Waals surface area contributed by atoms with Crippen LogP contribution in [0.25, 0.3) is 10.1 Å². The lowest BCUT2D eigenvalue weighted by molar-refractivity contribution is -0.274. The maximum absolute atomic E-state index is 13.5. The number of aryl methyl sites for hydroxylation is 1. The average molecular weight is 479 g/mol. The summed E-state index contributed by atoms with van der Waals surface area (Å²) in [5.74, 6) is -0.374. The molecule has 0 aliphatic carbocycles. The molecule has 4 rings (SSSR count). The first-order valence-electron chi connectivity index (χ1n) is 9.41. The molecule has 2 aromatic heterocycles. The van der Waals surface area contributed by atoms with E-state index in [0.717, 1.165) is 27.8 Å². The number of hydrogen-bond donors (Lipinski definition) is 0. The van der Waals surface area contributed by atoms with E-state index in [9.17, 15) is 21.6 Å². The van der Waals surface area contributed by atoms with Gasteiger partial charge in [0.05, 0.1) is 6.54 Å². The predicted octanol–water partition coefficient (Wildman–Crippen LogP) is 5.90. The van der Waals surface area contributed by atoms with E-state index in [2.05, 4.69) is 9.72 Å². The zero-order chi connectivity index (χ0) is 22.9. The van der Waals surface area contributed by atoms with Crippen LogP contribution in [-0.2, 0) is 16.6 Å². The van der Waals surface area contributed by atoms with Crippen molar-refractivity contribution in [3.05, 3.63) is 84.2 Å². The third-order valence-electron chi connectivity index (χ3n) is 4.75. The number of benzene rings is 2. The van der Waals surface area contributed by atoms with E-state index in [1.54, 1.807) is 0 Å². The third kappa shape index (κ3) is 4.56. The van der Waals surface area contributed by atoms with Gasteiger partial charge in [-0.25, -0.2) is 8.42 Å². The molecule has 0 saturated carbocycles. The van der Waals surface area contributed by atoms with E-state index in [1.165, 1.54) is 52.3 Å². The first-order chi connectivity index (χ1) is 15.1. The monoisotopic (exact) mass is 478 g/mol. The van der Waals surface area contributed by atoms with Gasteiger partial charge in [0.15, 0.2) is 0 Å². The van der Waals surface area contributed by atoms with Crippen LogP contribution in [0.4, 0.5) is 18.2 Å². The number of aromatic nitrogens is 1. The topological polar surface area (TPSA) is 59.5 Å². The number of hydrogen-bond acceptors (Lipinski definition) is 5. The molecule has 0 unspecified atom stereocenters. The molecule has 0 spiro atoms. The van der Waals surface area contributed by atoms with Crippen LogP contribution in [0, 0.1) is 6.92 Å². The zero-order valence-electron chi connectivity index (χ0n) is 16.7. The molecule has 0 amide bonds. The Bertz CT molecular complexity index is 1340. The molecule has 2 heterocycles. The van der Waals surface area contributed by atoms with Gasteiger partial charge in [-0.3, -0.25) is 9.29 Å². The Hall–Kier alpha value is -3.11. The van der Waals surface area contributed by atoms with Crippen LogP contribution in [0.5, 0.6) is 5.75 Å². The molecular formula is C22H17F3N2O3S2. The van der Waals surface area contributed by atoms with Gasteiger partial charge in [-0.2, -0.15) is 0 Å². The van der Waals surface area contributed by atoms with Gasteiger partial charge < -0.3 is 4.74 Å². The van der Waals surface area contributed by atoms with Crippen molar-refractivity contribution in [2.45, 2.75) is 24.7 Å². The summed E-state index contributed by atoms with van der Waals surface area (Å²) in [4.78, 5) is 3.94. The van der Waals surface area contributed by atoms with Gasteiger partial charge in [-0.05, 0) is 53.8 Å². The molecule has 2 aromatic carbocycles. The fourth-order valence-corrected chi connectivity index (χ4v) is 6.15. The molecule has 4 aromatic rings. The molecule has 0 fully saturated rings. The van der Waals surface area contributed by atoms with Gasteiger partial charge >= 0.3 is 6.36 Å². The normalized spacial score (nSPS) is 12.1. The van der Waals surface area contributed by atoms with E-state index in [4.69, 9.17) is 0 Å². The number of fused-ring (bicyclic) bond motifs is 1. The van der Waals surface area contributed by atoms with Crippen molar-refractivity contribution < 1.29 is 26.3 Å². The molecule has 10 heteroatoms. The summed E-state index contributed by atoms with van der Waals surface area (Å²) < 4.78 is 70.5. The first kappa shape index (κ1) is 22.1. The molecule has 5 nitrogen and oxygen atoms in total. The Morgan fingerprint density at radius 3 is 2.38 bits per heavy atom. The molecule has 0 radical (unpaired) electrons. The largest absolute Gasteiger partial charge is 0.573 e. The van der Waals surface area contributed by atoms with E-state index in [1.807, 2.05) is 31.2 Å². The lowest BCUT2D eigenvalue weighted by atomic mass is 10.2. The van der Waals surface area contributed by atoms with Crippen molar-refractivity contribution in [2.75, 3.05) is 4.31 Å². The fraction of sp³-hybridized carbons (Fsp3) is 0.136. The van der Waals surface area contributed by atoms with Crippen molar-refractivity contribution >= 4 is 36.4 Å². The highest BCUT2D eigenvalue weighted by Gasteiger charge is 2.31. The highest BCUT2D eigenvalue weighted by Crippen LogP contribution is 2.40. The number of thiophene rings is 1. The summed E-state index contributed by atoms with van der Waals surface area (Å²) in [5.41, 5.74) is 1.30. The van der Waals surface area contributed by atoms with Crippen LogP contribution < -0.4 is 9.04 Å². The Morgan fingerprint density at radius 1 is 1.03 bits per heavy atom. The summed E-state index contributed by atoms with van der Waals surface area (Å²) in [5, 5.41) is 1.47.